The minimum absolute atomic E-state index is 0.434. The van der Waals surface area contributed by atoms with Crippen LogP contribution in [-0.4, -0.2) is 0 Å². The third-order valence-corrected chi connectivity index (χ3v) is 2.79. The molecule has 0 unspecified atom stereocenters. The fourth-order valence-electron chi connectivity index (χ4n) is 0.713. The minimum Gasteiger partial charge on any atom is -0.417 e. The first-order valence-corrected chi connectivity index (χ1v) is 4.90. The molecule has 52 valence electrons. The second kappa shape index (κ2) is 2.47. The fraction of sp³-hybridized carbons (Fsp3) is 0. The summed E-state index contributed by atoms with van der Waals surface area (Å²) >= 11 is 5.29. The van der Waals surface area contributed by atoms with Gasteiger partial charge in [-0.2, -0.15) is 3.15 Å². The monoisotopic (exact) mass is 267 g/mol. The molecule has 0 aromatic heterocycles. The average Bonchev–Trinajstić information content (AvgIpc) is 2.33. The number of hydrogen-bond donors (Lipinski definition) is 0. The Morgan fingerprint density at radius 1 is 1.50 bits per heavy atom. The molecule has 1 aromatic rings. The maximum Gasteiger partial charge on any atom is 0.238 e. The van der Waals surface area contributed by atoms with Gasteiger partial charge in [-0.1, -0.05) is 11.6 Å². The van der Waals surface area contributed by atoms with Gasteiger partial charge in [0.25, 0.3) is 0 Å². The number of nitrogens with zero attached hydrogens (tertiary/aromatic N) is 1. The lowest BCUT2D eigenvalue weighted by molar-refractivity contribution is 0.724. The highest BCUT2D eigenvalue weighted by Crippen LogP contribution is 2.40. The Morgan fingerprint density at radius 2 is 2.40 bits per heavy atom. The number of benzene rings is 1. The summed E-state index contributed by atoms with van der Waals surface area (Å²) in [7, 11) is 0. The Labute approximate surface area is 73.9 Å². The van der Waals surface area contributed by atoms with E-state index in [1.165, 1.54) is 0 Å². The van der Waals surface area contributed by atoms with Crippen LogP contribution in [0, 0.1) is 0 Å². The van der Waals surface area contributed by atoms with Crippen molar-refractivity contribution in [1.82, 2.24) is 0 Å². The quantitative estimate of drug-likeness (QED) is 0.660. The molecule has 0 atom stereocenters. The van der Waals surface area contributed by atoms with Crippen LogP contribution in [0.25, 0.3) is 0 Å². The lowest BCUT2D eigenvalue weighted by Crippen LogP contribution is -1.69. The second-order valence-corrected chi connectivity index (χ2v) is 3.60. The summed E-state index contributed by atoms with van der Waals surface area (Å²) in [5, 5.41) is 0.719. The molecule has 0 aliphatic carbocycles. The van der Waals surface area contributed by atoms with Gasteiger partial charge in [0.05, 0.1) is 0 Å². The summed E-state index contributed by atoms with van der Waals surface area (Å²) in [6, 6.07) is 5.49. The fourth-order valence-corrected chi connectivity index (χ4v) is 2.15. The van der Waals surface area contributed by atoms with Crippen LogP contribution in [0.15, 0.2) is 21.3 Å². The van der Waals surface area contributed by atoms with Crippen LogP contribution in [0.4, 0.5) is 5.69 Å². The van der Waals surface area contributed by atoms with Gasteiger partial charge in [0.2, 0.25) is 21.4 Å². The Bertz CT molecular complexity index is 300. The van der Waals surface area contributed by atoms with E-state index in [0.717, 1.165) is 16.5 Å². The van der Waals surface area contributed by atoms with Crippen LogP contribution >= 0.6 is 33.0 Å². The normalized spacial score (nSPS) is 13.7. The van der Waals surface area contributed by atoms with Crippen LogP contribution in [0.2, 0.25) is 5.02 Å². The van der Waals surface area contributed by atoms with Crippen molar-refractivity contribution in [1.29, 1.82) is 0 Å². The van der Waals surface area contributed by atoms with Gasteiger partial charge in [0, 0.05) is 5.02 Å². The molecule has 1 aromatic carbocycles. The van der Waals surface area contributed by atoms with Crippen LogP contribution in [0.1, 0.15) is 0 Å². The van der Waals surface area contributed by atoms with E-state index in [2.05, 4.69) is 3.15 Å². The van der Waals surface area contributed by atoms with E-state index in [-0.39, 0.29) is 0 Å². The molecule has 10 heavy (non-hydrogen) atoms. The summed E-state index contributed by atoms with van der Waals surface area (Å²) < 4.78 is 9.40. The zero-order valence-electron chi connectivity index (χ0n) is 4.84. The summed E-state index contributed by atoms with van der Waals surface area (Å²) in [5.74, 6) is 0.872. The molecule has 1 aliphatic heterocycles. The highest BCUT2D eigenvalue weighted by atomic mass is 127. The molecule has 4 heteroatoms. The van der Waals surface area contributed by atoms with Gasteiger partial charge in [-0.15, -0.1) is 0 Å². The van der Waals surface area contributed by atoms with E-state index in [1.807, 2.05) is 18.2 Å². The molecule has 2 rings (SSSR count). The van der Waals surface area contributed by atoms with Gasteiger partial charge < -0.3 is 3.07 Å². The van der Waals surface area contributed by atoms with Crippen molar-refractivity contribution in [3.63, 3.8) is 0 Å². The number of rotatable bonds is 0. The topological polar surface area (TPSA) is 21.6 Å². The van der Waals surface area contributed by atoms with E-state index in [1.54, 1.807) is 0 Å². The Kier molecular flexibility index (Phi) is 1.61. The van der Waals surface area contributed by atoms with Gasteiger partial charge in [0.1, 0.15) is 5.69 Å². The van der Waals surface area contributed by atoms with Crippen LogP contribution in [0.5, 0.6) is 5.75 Å². The van der Waals surface area contributed by atoms with Crippen molar-refractivity contribution in [2.24, 2.45) is 3.15 Å². The number of hydrogen-bond acceptors (Lipinski definition) is 2. The lowest BCUT2D eigenvalue weighted by atomic mass is 10.3. The van der Waals surface area contributed by atoms with Crippen LogP contribution < -0.4 is 3.07 Å². The third-order valence-electron chi connectivity index (χ3n) is 1.16. The predicted octanol–water partition coefficient (Wildman–Crippen LogP) is 3.43. The number of fused-ring (bicyclic) bond motifs is 1. The molecule has 0 spiro atoms. The van der Waals surface area contributed by atoms with Crippen molar-refractivity contribution in [3.05, 3.63) is 23.2 Å². The van der Waals surface area contributed by atoms with Crippen LogP contribution in [0.3, 0.4) is 0 Å². The van der Waals surface area contributed by atoms with E-state index in [0.29, 0.717) is 0 Å². The smallest absolute Gasteiger partial charge is 0.238 e. The first-order valence-electron chi connectivity index (χ1n) is 2.68. The summed E-state index contributed by atoms with van der Waals surface area (Å²) in [5.41, 5.74) is 0.903. The third kappa shape index (κ3) is 1.03. The molecule has 0 saturated carbocycles. The highest BCUT2D eigenvalue weighted by Gasteiger charge is 2.07. The van der Waals surface area contributed by atoms with E-state index in [4.69, 9.17) is 14.7 Å². The van der Waals surface area contributed by atoms with E-state index >= 15 is 0 Å². The van der Waals surface area contributed by atoms with Gasteiger partial charge >= 0.3 is 0 Å². The lowest BCUT2D eigenvalue weighted by Gasteiger charge is -1.93. The highest BCUT2D eigenvalue weighted by molar-refractivity contribution is 14.1. The SMILES string of the molecule is Clc1ccc2c(c1)N=IO2. The van der Waals surface area contributed by atoms with E-state index in [9.17, 15) is 0 Å². The zero-order chi connectivity index (χ0) is 6.97. The van der Waals surface area contributed by atoms with E-state index < -0.39 is 21.4 Å². The molecular weight excluding hydrogens is 264 g/mol. The minimum atomic E-state index is -0.434. The largest absolute Gasteiger partial charge is 0.417 e. The van der Waals surface area contributed by atoms with Crippen molar-refractivity contribution < 1.29 is 3.07 Å². The van der Waals surface area contributed by atoms with Crippen LogP contribution in [-0.2, 0) is 0 Å². The van der Waals surface area contributed by atoms with Gasteiger partial charge in [-0.3, -0.25) is 0 Å². The molecule has 0 amide bonds. The predicted molar refractivity (Wildman–Crippen MR) is 48.2 cm³/mol. The maximum absolute atomic E-state index is 5.72. The number of halogens is 2. The molecule has 1 aliphatic rings. The van der Waals surface area contributed by atoms with Crippen molar-refractivity contribution in [3.8, 4) is 5.75 Å². The van der Waals surface area contributed by atoms with Gasteiger partial charge in [-0.05, 0) is 18.2 Å². The first-order chi connectivity index (χ1) is 4.86. The molecule has 0 bridgehead atoms. The molecule has 0 saturated heterocycles. The Hall–Kier alpha value is -0.160. The maximum atomic E-state index is 5.72. The molecule has 1 heterocycles. The summed E-state index contributed by atoms with van der Waals surface area (Å²) in [6.07, 6.45) is 0. The zero-order valence-corrected chi connectivity index (χ0v) is 7.76. The van der Waals surface area contributed by atoms with Crippen molar-refractivity contribution >= 4 is 38.7 Å². The first kappa shape index (κ1) is 6.54. The Morgan fingerprint density at radius 3 is 3.30 bits per heavy atom. The molecule has 2 nitrogen and oxygen atoms in total. The molecule has 0 N–H and O–H groups in total. The van der Waals surface area contributed by atoms with Crippen molar-refractivity contribution in [2.45, 2.75) is 0 Å². The molecular formula is C6H3ClINO. The second-order valence-electron chi connectivity index (χ2n) is 1.84. The summed E-state index contributed by atoms with van der Waals surface area (Å²) in [6.45, 7) is 0. The van der Waals surface area contributed by atoms with Gasteiger partial charge in [-0.25, -0.2) is 0 Å². The standard InChI is InChI=1S/C6H3ClINO/c7-4-1-2-6-5(3-4)9-8-10-6/h1-3H. The Balaban J connectivity index is 2.60. The molecule has 0 fully saturated rings. The summed E-state index contributed by atoms with van der Waals surface area (Å²) in [4.78, 5) is 0. The average molecular weight is 267 g/mol. The molecule has 0 radical (unpaired) electrons. The van der Waals surface area contributed by atoms with Crippen molar-refractivity contribution in [2.75, 3.05) is 0 Å². The van der Waals surface area contributed by atoms with Gasteiger partial charge in [0.15, 0.2) is 5.75 Å².